The van der Waals surface area contributed by atoms with E-state index < -0.39 is 25.7 Å². The minimum atomic E-state index is -1.95. The summed E-state index contributed by atoms with van der Waals surface area (Å²) in [6, 6.07) is -0.245. The first-order valence-corrected chi connectivity index (χ1v) is 11.7. The molecule has 0 radical (unpaired) electrons. The highest BCUT2D eigenvalue weighted by atomic mass is 28.4. The number of H-pyrrole nitrogens is 1. The Morgan fingerprint density at radius 1 is 1.27 bits per heavy atom. The summed E-state index contributed by atoms with van der Waals surface area (Å²) in [6.45, 7) is 14.3. The van der Waals surface area contributed by atoms with Crippen molar-refractivity contribution in [2.24, 2.45) is 0 Å². The summed E-state index contributed by atoms with van der Waals surface area (Å²) in [5.41, 5.74) is -0.532. The summed E-state index contributed by atoms with van der Waals surface area (Å²) in [4.78, 5) is 40.0. The van der Waals surface area contributed by atoms with Crippen molar-refractivity contribution in [2.45, 2.75) is 65.0 Å². The fourth-order valence-electron chi connectivity index (χ4n) is 2.68. The van der Waals surface area contributed by atoms with Crippen LogP contribution >= 0.6 is 0 Å². The monoisotopic (exact) mass is 379 g/mol. The van der Waals surface area contributed by atoms with Gasteiger partial charge in [-0.3, -0.25) is 19.1 Å². The zero-order valence-corrected chi connectivity index (χ0v) is 17.6. The molecule has 1 N–H and O–H groups in total. The largest absolute Gasteiger partial charge is 0.414 e. The van der Waals surface area contributed by atoms with E-state index >= 15 is 0 Å². The summed E-state index contributed by atoms with van der Waals surface area (Å²) in [5.74, 6) is -0.153. The van der Waals surface area contributed by atoms with Gasteiger partial charge in [-0.15, -0.1) is 0 Å². The summed E-state index contributed by atoms with van der Waals surface area (Å²) >= 11 is 0. The Kier molecular flexibility index (Phi) is 5.48. The highest BCUT2D eigenvalue weighted by Gasteiger charge is 2.39. The van der Waals surface area contributed by atoms with Crippen molar-refractivity contribution in [1.29, 1.82) is 0 Å². The number of aromatic amines is 1. The molecule has 7 nitrogen and oxygen atoms in total. The Bertz CT molecular complexity index is 832. The third-order valence-electron chi connectivity index (χ3n) is 5.36. The van der Waals surface area contributed by atoms with Crippen LogP contribution in [0.1, 0.15) is 39.4 Å². The summed E-state index contributed by atoms with van der Waals surface area (Å²) in [5, 5.41) is 0.0722. The van der Waals surface area contributed by atoms with Gasteiger partial charge in [-0.2, -0.15) is 0 Å². The molecule has 1 aliphatic rings. The fourth-order valence-corrected chi connectivity index (χ4v) is 3.70. The molecule has 0 saturated carbocycles. The van der Waals surface area contributed by atoms with Crippen LogP contribution in [-0.2, 0) is 9.22 Å². The normalized spacial score (nSPS) is 20.7. The minimum absolute atomic E-state index is 0.0722. The third kappa shape index (κ3) is 3.91. The molecule has 0 bridgehead atoms. The van der Waals surface area contributed by atoms with Gasteiger partial charge in [0.2, 0.25) is 5.91 Å². The lowest BCUT2D eigenvalue weighted by molar-refractivity contribution is -0.133. The van der Waals surface area contributed by atoms with E-state index in [4.69, 9.17) is 4.43 Å². The van der Waals surface area contributed by atoms with Gasteiger partial charge in [-0.25, -0.2) is 4.79 Å². The molecule has 0 spiro atoms. The Morgan fingerprint density at radius 2 is 1.88 bits per heavy atom. The number of aryl methyl sites for hydroxylation is 1. The first kappa shape index (κ1) is 20.4. The van der Waals surface area contributed by atoms with Crippen molar-refractivity contribution in [3.63, 3.8) is 0 Å². The Morgan fingerprint density at radius 3 is 2.42 bits per heavy atom. The minimum Gasteiger partial charge on any atom is -0.414 e. The van der Waals surface area contributed by atoms with Crippen molar-refractivity contribution in [1.82, 2.24) is 14.5 Å². The predicted molar refractivity (Wildman–Crippen MR) is 104 cm³/mol. The fraction of sp³-hybridized carbons (Fsp3) is 0.611. The number of hydrogen-bond donors (Lipinski definition) is 1. The second kappa shape index (κ2) is 7.00. The molecule has 0 aliphatic carbocycles. The molecule has 2 heterocycles. The molecule has 2 rings (SSSR count). The van der Waals surface area contributed by atoms with Crippen LogP contribution in [0.25, 0.3) is 0 Å². The number of carbonyl (C=O) groups excluding carboxylic acids is 1. The number of nitrogens with one attached hydrogen (secondary N) is 1. The van der Waals surface area contributed by atoms with Crippen molar-refractivity contribution >= 4 is 14.2 Å². The van der Waals surface area contributed by atoms with Crippen LogP contribution in [0.4, 0.5) is 0 Å². The zero-order chi connectivity index (χ0) is 19.9. The van der Waals surface area contributed by atoms with Gasteiger partial charge in [-0.1, -0.05) is 26.8 Å². The summed E-state index contributed by atoms with van der Waals surface area (Å²) in [6.07, 6.45) is 4.62. The molecule has 0 fully saturated rings. The van der Waals surface area contributed by atoms with Crippen LogP contribution in [0.15, 0.2) is 27.9 Å². The number of hydrogen-bond acceptors (Lipinski definition) is 4. The van der Waals surface area contributed by atoms with Crippen LogP contribution < -0.4 is 11.2 Å². The molecule has 0 unspecified atom stereocenters. The molecule has 0 saturated heterocycles. The van der Waals surface area contributed by atoms with Crippen LogP contribution in [0.5, 0.6) is 0 Å². The number of carbonyl (C=O) groups is 1. The SMILES string of the molecule is CC(=O)N1[C@H](CO[Si](C)(C)C(C)(C)C)C=C[C@@H]1n1cc(C)c(=O)[nH]c1=O. The van der Waals surface area contributed by atoms with Gasteiger partial charge in [0, 0.05) is 18.7 Å². The highest BCUT2D eigenvalue weighted by Crippen LogP contribution is 2.37. The number of nitrogens with zero attached hydrogens (tertiary/aromatic N) is 2. The molecule has 1 aliphatic heterocycles. The van der Waals surface area contributed by atoms with Gasteiger partial charge < -0.3 is 9.33 Å². The second-order valence-electron chi connectivity index (χ2n) is 8.34. The lowest BCUT2D eigenvalue weighted by Crippen LogP contribution is -2.48. The first-order valence-electron chi connectivity index (χ1n) is 8.78. The van der Waals surface area contributed by atoms with Crippen molar-refractivity contribution in [3.05, 3.63) is 44.8 Å². The molecule has 1 aromatic heterocycles. The van der Waals surface area contributed by atoms with E-state index in [-0.39, 0.29) is 17.0 Å². The summed E-state index contributed by atoms with van der Waals surface area (Å²) < 4.78 is 7.64. The van der Waals surface area contributed by atoms with E-state index in [1.807, 2.05) is 6.08 Å². The molecular formula is C18H29N3O4Si. The van der Waals surface area contributed by atoms with Gasteiger partial charge in [-0.05, 0) is 31.1 Å². The Labute approximate surface area is 154 Å². The lowest BCUT2D eigenvalue weighted by atomic mass is 10.2. The van der Waals surface area contributed by atoms with Crippen LogP contribution in [0.2, 0.25) is 18.1 Å². The average Bonchev–Trinajstić information content (AvgIpc) is 2.91. The second-order valence-corrected chi connectivity index (χ2v) is 13.2. The number of amides is 1. The van der Waals surface area contributed by atoms with E-state index in [9.17, 15) is 14.4 Å². The van der Waals surface area contributed by atoms with Crippen LogP contribution in [0, 0.1) is 6.92 Å². The molecule has 0 aromatic carbocycles. The van der Waals surface area contributed by atoms with E-state index in [1.165, 1.54) is 17.7 Å². The average molecular weight is 380 g/mol. The van der Waals surface area contributed by atoms with Gasteiger partial charge >= 0.3 is 5.69 Å². The Hall–Kier alpha value is -1.93. The van der Waals surface area contributed by atoms with Crippen molar-refractivity contribution in [2.75, 3.05) is 6.61 Å². The van der Waals surface area contributed by atoms with Gasteiger partial charge in [0.1, 0.15) is 6.17 Å². The molecule has 1 aromatic rings. The van der Waals surface area contributed by atoms with Gasteiger partial charge in [0.05, 0.1) is 12.6 Å². The zero-order valence-electron chi connectivity index (χ0n) is 16.6. The maximum Gasteiger partial charge on any atom is 0.330 e. The van der Waals surface area contributed by atoms with Crippen molar-refractivity contribution in [3.8, 4) is 0 Å². The standard InChI is InChI=1S/C18H29N3O4Si/c1-12-10-20(17(24)19-16(12)23)15-9-8-14(21(15)13(2)22)11-25-26(6,7)18(3,4)5/h8-10,14-15H,11H2,1-7H3,(H,19,23,24)/t14-,15+/m0/s1. The predicted octanol–water partition coefficient (Wildman–Crippen LogP) is 2.15. The van der Waals surface area contributed by atoms with Crippen LogP contribution in [-0.4, -0.2) is 41.3 Å². The number of rotatable bonds is 4. The Balaban J connectivity index is 2.28. The first-order chi connectivity index (χ1) is 11.8. The summed E-state index contributed by atoms with van der Waals surface area (Å²) in [7, 11) is -1.95. The van der Waals surface area contributed by atoms with E-state index in [0.29, 0.717) is 12.2 Å². The highest BCUT2D eigenvalue weighted by molar-refractivity contribution is 6.74. The molecule has 26 heavy (non-hydrogen) atoms. The van der Waals surface area contributed by atoms with E-state index in [1.54, 1.807) is 17.9 Å². The van der Waals surface area contributed by atoms with Crippen molar-refractivity contribution < 1.29 is 9.22 Å². The van der Waals surface area contributed by atoms with Crippen LogP contribution in [0.3, 0.4) is 0 Å². The van der Waals surface area contributed by atoms with E-state index in [0.717, 1.165) is 0 Å². The number of aromatic nitrogens is 2. The lowest BCUT2D eigenvalue weighted by Gasteiger charge is -2.38. The smallest absolute Gasteiger partial charge is 0.330 e. The van der Waals surface area contributed by atoms with Gasteiger partial charge in [0.15, 0.2) is 8.32 Å². The van der Waals surface area contributed by atoms with E-state index in [2.05, 4.69) is 38.8 Å². The topological polar surface area (TPSA) is 84.4 Å². The van der Waals surface area contributed by atoms with Gasteiger partial charge in [0.25, 0.3) is 5.56 Å². The maximum absolute atomic E-state index is 12.3. The molecule has 8 heteroatoms. The third-order valence-corrected chi connectivity index (χ3v) is 9.86. The molecule has 1 amide bonds. The molecule has 144 valence electrons. The maximum atomic E-state index is 12.3. The quantitative estimate of drug-likeness (QED) is 0.642. The molecular weight excluding hydrogens is 350 g/mol. The molecule has 2 atom stereocenters.